The minimum Gasteiger partial charge on any atom is -0.322 e. The molecule has 0 radical (unpaired) electrons. The molecular formula is C12H15BrN2OS. The maximum atomic E-state index is 11.9. The van der Waals surface area contributed by atoms with Gasteiger partial charge >= 0.3 is 0 Å². The van der Waals surface area contributed by atoms with Gasteiger partial charge < -0.3 is 10.6 Å². The fourth-order valence-electron chi connectivity index (χ4n) is 2.02. The maximum Gasteiger partial charge on any atom is 0.241 e. The molecule has 1 unspecified atom stereocenters. The molecule has 1 aliphatic heterocycles. The summed E-state index contributed by atoms with van der Waals surface area (Å²) >= 11 is 5.34. The van der Waals surface area contributed by atoms with E-state index >= 15 is 0 Å². The van der Waals surface area contributed by atoms with Crippen molar-refractivity contribution in [2.24, 2.45) is 5.73 Å². The van der Waals surface area contributed by atoms with Crippen LogP contribution in [0, 0.1) is 6.92 Å². The van der Waals surface area contributed by atoms with Crippen molar-refractivity contribution in [2.75, 3.05) is 17.2 Å². The van der Waals surface area contributed by atoms with Crippen LogP contribution in [0.4, 0.5) is 5.69 Å². The van der Waals surface area contributed by atoms with E-state index in [1.807, 2.05) is 11.0 Å². The quantitative estimate of drug-likeness (QED) is 0.866. The Bertz CT molecular complexity index is 464. The molecule has 0 saturated heterocycles. The van der Waals surface area contributed by atoms with Gasteiger partial charge in [-0.3, -0.25) is 4.79 Å². The molecule has 1 heterocycles. The Hall–Kier alpha value is -0.520. The predicted molar refractivity (Wildman–Crippen MR) is 75.6 cm³/mol. The molecule has 17 heavy (non-hydrogen) atoms. The van der Waals surface area contributed by atoms with Gasteiger partial charge in [0.05, 0.1) is 12.2 Å². The Morgan fingerprint density at radius 1 is 1.65 bits per heavy atom. The van der Waals surface area contributed by atoms with Crippen LogP contribution in [0.15, 0.2) is 21.5 Å². The molecule has 1 amide bonds. The van der Waals surface area contributed by atoms with E-state index in [2.05, 4.69) is 35.8 Å². The van der Waals surface area contributed by atoms with Crippen molar-refractivity contribution in [3.63, 3.8) is 0 Å². The molecule has 2 N–H and O–H groups in total. The number of hydrogen-bond acceptors (Lipinski definition) is 3. The first kappa shape index (κ1) is 12.9. The Morgan fingerprint density at radius 3 is 3.00 bits per heavy atom. The number of rotatable bonds is 1. The lowest BCUT2D eigenvalue weighted by Crippen LogP contribution is -2.45. The number of anilines is 1. The zero-order chi connectivity index (χ0) is 12.6. The number of nitrogens with zero attached hydrogens (tertiary/aromatic N) is 1. The minimum absolute atomic E-state index is 0.0244. The van der Waals surface area contributed by atoms with Crippen molar-refractivity contribution in [1.29, 1.82) is 0 Å². The van der Waals surface area contributed by atoms with E-state index in [-0.39, 0.29) is 18.5 Å². The number of carbonyl (C=O) groups excluding carboxylic acids is 1. The molecule has 0 fully saturated rings. The van der Waals surface area contributed by atoms with Gasteiger partial charge in [0.25, 0.3) is 0 Å². The number of nitrogens with two attached hydrogens (primary N) is 1. The van der Waals surface area contributed by atoms with Crippen LogP contribution in [-0.4, -0.2) is 24.2 Å². The van der Waals surface area contributed by atoms with Gasteiger partial charge in [-0.15, -0.1) is 11.8 Å². The number of hydrogen-bond donors (Lipinski definition) is 1. The SMILES string of the molecule is Cc1cc(Br)c2c(c1)SCC(C)N2C(=O)CN. The van der Waals surface area contributed by atoms with Crippen LogP contribution in [0.1, 0.15) is 12.5 Å². The van der Waals surface area contributed by atoms with Crippen LogP contribution in [0.25, 0.3) is 0 Å². The maximum absolute atomic E-state index is 11.9. The molecule has 0 aliphatic carbocycles. The highest BCUT2D eigenvalue weighted by atomic mass is 79.9. The molecule has 1 aliphatic rings. The van der Waals surface area contributed by atoms with Crippen LogP contribution < -0.4 is 10.6 Å². The Labute approximate surface area is 114 Å². The number of benzene rings is 1. The number of halogens is 1. The van der Waals surface area contributed by atoms with E-state index in [1.54, 1.807) is 11.8 Å². The van der Waals surface area contributed by atoms with Crippen molar-refractivity contribution >= 4 is 39.3 Å². The van der Waals surface area contributed by atoms with Gasteiger partial charge in [0.1, 0.15) is 0 Å². The number of carbonyl (C=O) groups is 1. The van der Waals surface area contributed by atoms with Gasteiger partial charge in [-0.25, -0.2) is 0 Å². The van der Waals surface area contributed by atoms with Crippen molar-refractivity contribution in [3.8, 4) is 0 Å². The molecular weight excluding hydrogens is 300 g/mol. The topological polar surface area (TPSA) is 46.3 Å². The standard InChI is InChI=1S/C12H15BrN2OS/c1-7-3-9(13)12-10(4-7)17-6-8(2)15(12)11(16)5-14/h3-4,8H,5-6,14H2,1-2H3. The van der Waals surface area contributed by atoms with E-state index in [0.29, 0.717) is 0 Å². The minimum atomic E-state index is -0.0244. The first-order valence-corrected chi connectivity index (χ1v) is 7.27. The van der Waals surface area contributed by atoms with E-state index in [1.165, 1.54) is 5.56 Å². The highest BCUT2D eigenvalue weighted by molar-refractivity contribution is 9.10. The lowest BCUT2D eigenvalue weighted by molar-refractivity contribution is -0.117. The molecule has 0 aromatic heterocycles. The zero-order valence-electron chi connectivity index (χ0n) is 9.87. The summed E-state index contributed by atoms with van der Waals surface area (Å²) in [6, 6.07) is 4.34. The van der Waals surface area contributed by atoms with Crippen LogP contribution in [0.5, 0.6) is 0 Å². The van der Waals surface area contributed by atoms with Gasteiger partial charge in [0, 0.05) is 21.2 Å². The smallest absolute Gasteiger partial charge is 0.241 e. The molecule has 2 rings (SSSR count). The van der Waals surface area contributed by atoms with Crippen molar-refractivity contribution in [1.82, 2.24) is 0 Å². The number of amides is 1. The van der Waals surface area contributed by atoms with E-state index < -0.39 is 0 Å². The van der Waals surface area contributed by atoms with Crippen molar-refractivity contribution in [2.45, 2.75) is 24.8 Å². The average molecular weight is 315 g/mol. The summed E-state index contributed by atoms with van der Waals surface area (Å²) in [4.78, 5) is 14.9. The Morgan fingerprint density at radius 2 is 2.35 bits per heavy atom. The summed E-state index contributed by atoms with van der Waals surface area (Å²) < 4.78 is 0.966. The van der Waals surface area contributed by atoms with E-state index in [4.69, 9.17) is 5.73 Å². The second-order valence-electron chi connectivity index (χ2n) is 4.22. The number of thioether (sulfide) groups is 1. The fourth-order valence-corrected chi connectivity index (χ4v) is 4.10. The molecule has 92 valence electrons. The lowest BCUT2D eigenvalue weighted by atomic mass is 10.1. The van der Waals surface area contributed by atoms with Gasteiger partial charge in [0.2, 0.25) is 5.91 Å². The number of fused-ring (bicyclic) bond motifs is 1. The first-order valence-electron chi connectivity index (χ1n) is 5.49. The normalized spacial score (nSPS) is 19.1. The van der Waals surface area contributed by atoms with Gasteiger partial charge in [0.15, 0.2) is 0 Å². The summed E-state index contributed by atoms with van der Waals surface area (Å²) in [7, 11) is 0. The summed E-state index contributed by atoms with van der Waals surface area (Å²) in [5.41, 5.74) is 7.65. The summed E-state index contributed by atoms with van der Waals surface area (Å²) in [5, 5.41) is 0. The zero-order valence-corrected chi connectivity index (χ0v) is 12.3. The molecule has 3 nitrogen and oxygen atoms in total. The highest BCUT2D eigenvalue weighted by Gasteiger charge is 2.29. The third-order valence-electron chi connectivity index (χ3n) is 2.78. The number of aryl methyl sites for hydroxylation is 1. The molecule has 0 bridgehead atoms. The van der Waals surface area contributed by atoms with E-state index in [9.17, 15) is 4.79 Å². The van der Waals surface area contributed by atoms with Gasteiger partial charge in [-0.05, 0) is 47.5 Å². The third-order valence-corrected chi connectivity index (χ3v) is 4.65. The predicted octanol–water partition coefficient (Wildman–Crippen LogP) is 2.54. The molecule has 5 heteroatoms. The Balaban J connectivity index is 2.54. The van der Waals surface area contributed by atoms with Crippen LogP contribution >= 0.6 is 27.7 Å². The van der Waals surface area contributed by atoms with Crippen molar-refractivity contribution in [3.05, 3.63) is 22.2 Å². The molecule has 0 spiro atoms. The largest absolute Gasteiger partial charge is 0.322 e. The van der Waals surface area contributed by atoms with Crippen LogP contribution in [-0.2, 0) is 4.79 Å². The van der Waals surface area contributed by atoms with Crippen LogP contribution in [0.2, 0.25) is 0 Å². The Kier molecular flexibility index (Phi) is 3.80. The lowest BCUT2D eigenvalue weighted by Gasteiger charge is -2.35. The fraction of sp³-hybridized carbons (Fsp3) is 0.417. The van der Waals surface area contributed by atoms with Gasteiger partial charge in [-0.2, -0.15) is 0 Å². The van der Waals surface area contributed by atoms with Gasteiger partial charge in [-0.1, -0.05) is 0 Å². The summed E-state index contributed by atoms with van der Waals surface area (Å²) in [6.45, 7) is 4.16. The monoisotopic (exact) mass is 314 g/mol. The molecule has 1 atom stereocenters. The van der Waals surface area contributed by atoms with E-state index in [0.717, 1.165) is 20.8 Å². The summed E-state index contributed by atoms with van der Waals surface area (Å²) in [5.74, 6) is 0.887. The highest BCUT2D eigenvalue weighted by Crippen LogP contribution is 2.42. The average Bonchev–Trinajstić information content (AvgIpc) is 2.28. The second kappa shape index (κ2) is 5.00. The summed E-state index contributed by atoms with van der Waals surface area (Å²) in [6.07, 6.45) is 0. The third kappa shape index (κ3) is 2.37. The molecule has 1 aromatic carbocycles. The van der Waals surface area contributed by atoms with Crippen LogP contribution in [0.3, 0.4) is 0 Å². The molecule has 0 saturated carbocycles. The molecule has 1 aromatic rings. The second-order valence-corrected chi connectivity index (χ2v) is 6.14. The van der Waals surface area contributed by atoms with Crippen molar-refractivity contribution < 1.29 is 4.79 Å². The first-order chi connectivity index (χ1) is 8.04.